The van der Waals surface area contributed by atoms with Gasteiger partial charge in [-0.2, -0.15) is 0 Å². The van der Waals surface area contributed by atoms with Crippen LogP contribution < -0.4 is 5.32 Å². The van der Waals surface area contributed by atoms with E-state index in [0.29, 0.717) is 12.7 Å². The molecule has 4 nitrogen and oxygen atoms in total. The molecular weight excluding hydrogens is 170 g/mol. The van der Waals surface area contributed by atoms with Crippen LogP contribution in [-0.4, -0.2) is 30.9 Å². The van der Waals surface area contributed by atoms with Crippen molar-refractivity contribution in [1.82, 2.24) is 5.32 Å². The van der Waals surface area contributed by atoms with E-state index in [0.717, 1.165) is 19.3 Å². The van der Waals surface area contributed by atoms with Gasteiger partial charge in [-0.05, 0) is 26.2 Å². The molecule has 2 aliphatic heterocycles. The van der Waals surface area contributed by atoms with Gasteiger partial charge in [-0.15, -0.1) is 0 Å². The molecule has 1 amide bonds. The Kier molecular flexibility index (Phi) is 2.40. The average Bonchev–Trinajstić information content (AvgIpc) is 2.65. The maximum absolute atomic E-state index is 11.1. The van der Waals surface area contributed by atoms with Gasteiger partial charge in [0.2, 0.25) is 0 Å². The largest absolute Gasteiger partial charge is 0.450 e. The summed E-state index contributed by atoms with van der Waals surface area (Å²) in [5.41, 5.74) is 0. The van der Waals surface area contributed by atoms with Gasteiger partial charge >= 0.3 is 6.09 Å². The number of alkyl carbamates (subject to hydrolysis) is 1. The molecule has 0 aromatic heterocycles. The summed E-state index contributed by atoms with van der Waals surface area (Å²) < 4.78 is 10.4. The molecule has 2 saturated heterocycles. The minimum atomic E-state index is -0.316. The van der Waals surface area contributed by atoms with Crippen LogP contribution in [0.2, 0.25) is 0 Å². The number of hydrogen-bond acceptors (Lipinski definition) is 3. The number of rotatable bonds is 2. The summed E-state index contributed by atoms with van der Waals surface area (Å²) in [5, 5.41) is 2.83. The summed E-state index contributed by atoms with van der Waals surface area (Å²) in [4.78, 5) is 11.1. The molecule has 74 valence electrons. The fraction of sp³-hybridized carbons (Fsp3) is 0.889. The molecule has 2 heterocycles. The van der Waals surface area contributed by atoms with Gasteiger partial charge in [-0.1, -0.05) is 0 Å². The highest BCUT2D eigenvalue weighted by Crippen LogP contribution is 2.34. The van der Waals surface area contributed by atoms with E-state index < -0.39 is 0 Å². The topological polar surface area (TPSA) is 47.6 Å². The molecule has 2 bridgehead atoms. The maximum atomic E-state index is 11.1. The molecule has 0 saturated carbocycles. The third-order valence-electron chi connectivity index (χ3n) is 2.68. The highest BCUT2D eigenvalue weighted by Gasteiger charge is 2.41. The SMILES string of the molecule is CCOC(=O)NC1CC2CCC1O2. The third kappa shape index (κ3) is 1.77. The molecule has 2 rings (SSSR count). The van der Waals surface area contributed by atoms with E-state index in [9.17, 15) is 4.79 Å². The predicted octanol–water partition coefficient (Wildman–Crippen LogP) is 1.05. The van der Waals surface area contributed by atoms with Crippen LogP contribution in [-0.2, 0) is 9.47 Å². The van der Waals surface area contributed by atoms with Crippen LogP contribution in [0, 0.1) is 0 Å². The lowest BCUT2D eigenvalue weighted by atomic mass is 9.96. The highest BCUT2D eigenvalue weighted by atomic mass is 16.5. The average molecular weight is 185 g/mol. The first-order valence-corrected chi connectivity index (χ1v) is 4.88. The second kappa shape index (κ2) is 3.54. The van der Waals surface area contributed by atoms with Crippen molar-refractivity contribution in [2.24, 2.45) is 0 Å². The molecular formula is C9H15NO3. The standard InChI is InChI=1S/C9H15NO3/c1-2-12-9(11)10-7-5-6-3-4-8(7)13-6/h6-8H,2-5H2,1H3,(H,10,11). The van der Waals surface area contributed by atoms with Crippen molar-refractivity contribution in [1.29, 1.82) is 0 Å². The van der Waals surface area contributed by atoms with Crippen molar-refractivity contribution in [3.63, 3.8) is 0 Å². The summed E-state index contributed by atoms with van der Waals surface area (Å²) >= 11 is 0. The number of nitrogens with one attached hydrogen (secondary N) is 1. The summed E-state index contributed by atoms with van der Waals surface area (Å²) in [6.45, 7) is 2.23. The zero-order valence-corrected chi connectivity index (χ0v) is 7.79. The molecule has 3 unspecified atom stereocenters. The van der Waals surface area contributed by atoms with Crippen LogP contribution >= 0.6 is 0 Å². The van der Waals surface area contributed by atoms with Gasteiger partial charge < -0.3 is 14.8 Å². The van der Waals surface area contributed by atoms with E-state index in [2.05, 4.69) is 5.32 Å². The first-order valence-electron chi connectivity index (χ1n) is 4.88. The number of ether oxygens (including phenoxy) is 2. The molecule has 0 aliphatic carbocycles. The van der Waals surface area contributed by atoms with Crippen molar-refractivity contribution >= 4 is 6.09 Å². The van der Waals surface area contributed by atoms with E-state index in [1.54, 1.807) is 6.92 Å². The normalized spacial score (nSPS) is 36.2. The number of carbonyl (C=O) groups excluding carboxylic acids is 1. The van der Waals surface area contributed by atoms with Crippen LogP contribution in [0.1, 0.15) is 26.2 Å². The molecule has 3 atom stereocenters. The fourth-order valence-corrected chi connectivity index (χ4v) is 2.11. The van der Waals surface area contributed by atoms with Gasteiger partial charge in [0.05, 0.1) is 24.9 Å². The monoisotopic (exact) mass is 185 g/mol. The maximum Gasteiger partial charge on any atom is 0.407 e. The molecule has 0 aromatic rings. The second-order valence-corrected chi connectivity index (χ2v) is 3.58. The van der Waals surface area contributed by atoms with Crippen molar-refractivity contribution in [2.45, 2.75) is 44.4 Å². The van der Waals surface area contributed by atoms with E-state index >= 15 is 0 Å². The summed E-state index contributed by atoms with van der Waals surface area (Å²) in [6, 6.07) is 0.179. The van der Waals surface area contributed by atoms with Gasteiger partial charge in [-0.25, -0.2) is 4.79 Å². The van der Waals surface area contributed by atoms with Gasteiger partial charge in [0.1, 0.15) is 0 Å². The predicted molar refractivity (Wildman–Crippen MR) is 46.5 cm³/mol. The van der Waals surface area contributed by atoms with Gasteiger partial charge in [0.15, 0.2) is 0 Å². The lowest BCUT2D eigenvalue weighted by molar-refractivity contribution is 0.0940. The van der Waals surface area contributed by atoms with Crippen LogP contribution in [0.25, 0.3) is 0 Å². The van der Waals surface area contributed by atoms with E-state index in [4.69, 9.17) is 9.47 Å². The van der Waals surface area contributed by atoms with Crippen molar-refractivity contribution in [3.8, 4) is 0 Å². The number of fused-ring (bicyclic) bond motifs is 2. The molecule has 2 fully saturated rings. The second-order valence-electron chi connectivity index (χ2n) is 3.58. The molecule has 1 N–H and O–H groups in total. The van der Waals surface area contributed by atoms with Crippen LogP contribution in [0.3, 0.4) is 0 Å². The fourth-order valence-electron chi connectivity index (χ4n) is 2.11. The molecule has 2 aliphatic rings. The van der Waals surface area contributed by atoms with Gasteiger partial charge in [0.25, 0.3) is 0 Å². The van der Waals surface area contributed by atoms with Crippen molar-refractivity contribution in [3.05, 3.63) is 0 Å². The van der Waals surface area contributed by atoms with Crippen LogP contribution in [0.5, 0.6) is 0 Å². The number of hydrogen-bond donors (Lipinski definition) is 1. The van der Waals surface area contributed by atoms with E-state index in [-0.39, 0.29) is 18.2 Å². The molecule has 13 heavy (non-hydrogen) atoms. The Bertz CT molecular complexity index is 207. The highest BCUT2D eigenvalue weighted by molar-refractivity contribution is 5.67. The minimum absolute atomic E-state index is 0.179. The Morgan fingerprint density at radius 1 is 1.62 bits per heavy atom. The Hall–Kier alpha value is -0.770. The molecule has 0 aromatic carbocycles. The number of carbonyl (C=O) groups is 1. The van der Waals surface area contributed by atoms with Crippen LogP contribution in [0.15, 0.2) is 0 Å². The lowest BCUT2D eigenvalue weighted by Crippen LogP contribution is -2.41. The first kappa shape index (κ1) is 8.81. The Balaban J connectivity index is 1.79. The Morgan fingerprint density at radius 3 is 3.00 bits per heavy atom. The smallest absolute Gasteiger partial charge is 0.407 e. The zero-order chi connectivity index (χ0) is 9.26. The third-order valence-corrected chi connectivity index (χ3v) is 2.68. The quantitative estimate of drug-likeness (QED) is 0.699. The van der Waals surface area contributed by atoms with Crippen molar-refractivity contribution < 1.29 is 14.3 Å². The van der Waals surface area contributed by atoms with Crippen LogP contribution in [0.4, 0.5) is 4.79 Å². The summed E-state index contributed by atoms with van der Waals surface area (Å²) in [6.07, 6.45) is 3.45. The lowest BCUT2D eigenvalue weighted by Gasteiger charge is -2.19. The van der Waals surface area contributed by atoms with Gasteiger partial charge in [0, 0.05) is 0 Å². The molecule has 4 heteroatoms. The zero-order valence-electron chi connectivity index (χ0n) is 7.79. The van der Waals surface area contributed by atoms with Crippen molar-refractivity contribution in [2.75, 3.05) is 6.61 Å². The Morgan fingerprint density at radius 2 is 2.46 bits per heavy atom. The van der Waals surface area contributed by atoms with E-state index in [1.165, 1.54) is 0 Å². The minimum Gasteiger partial charge on any atom is -0.450 e. The molecule has 0 spiro atoms. The summed E-state index contributed by atoms with van der Waals surface area (Å²) in [7, 11) is 0. The first-order chi connectivity index (χ1) is 6.29. The van der Waals surface area contributed by atoms with Gasteiger partial charge in [-0.3, -0.25) is 0 Å². The van der Waals surface area contributed by atoms with E-state index in [1.807, 2.05) is 0 Å². The summed E-state index contributed by atoms with van der Waals surface area (Å²) in [5.74, 6) is 0. The number of amides is 1. The molecule has 0 radical (unpaired) electrons. The Labute approximate surface area is 77.6 Å².